The molecule has 0 spiro atoms. The van der Waals surface area contributed by atoms with Crippen molar-refractivity contribution in [1.82, 2.24) is 4.90 Å². The van der Waals surface area contributed by atoms with E-state index in [1.165, 1.54) is 11.8 Å². The third-order valence-corrected chi connectivity index (χ3v) is 4.45. The zero-order valence-corrected chi connectivity index (χ0v) is 14.0. The summed E-state index contributed by atoms with van der Waals surface area (Å²) in [5.74, 6) is 0.467. The van der Waals surface area contributed by atoms with Crippen LogP contribution in [0.4, 0.5) is 5.69 Å². The summed E-state index contributed by atoms with van der Waals surface area (Å²) in [5.41, 5.74) is 1.66. The molecule has 0 radical (unpaired) electrons. The van der Waals surface area contributed by atoms with E-state index >= 15 is 0 Å². The SMILES string of the molecule is Cc1ccc(Cl)cc1NC(=O)CSCC(=O)N1CCOCC1. The maximum atomic E-state index is 11.9. The topological polar surface area (TPSA) is 58.6 Å². The summed E-state index contributed by atoms with van der Waals surface area (Å²) in [6, 6.07) is 5.35. The molecule has 2 amide bonds. The van der Waals surface area contributed by atoms with E-state index in [1.54, 1.807) is 17.0 Å². The van der Waals surface area contributed by atoms with Gasteiger partial charge in [-0.3, -0.25) is 9.59 Å². The van der Waals surface area contributed by atoms with E-state index in [9.17, 15) is 9.59 Å². The highest BCUT2D eigenvalue weighted by molar-refractivity contribution is 8.00. The first-order valence-electron chi connectivity index (χ1n) is 7.05. The quantitative estimate of drug-likeness (QED) is 0.891. The van der Waals surface area contributed by atoms with Gasteiger partial charge >= 0.3 is 0 Å². The first-order chi connectivity index (χ1) is 10.6. The third kappa shape index (κ3) is 5.19. The molecule has 1 aliphatic rings. The summed E-state index contributed by atoms with van der Waals surface area (Å²) in [6.07, 6.45) is 0. The summed E-state index contributed by atoms with van der Waals surface area (Å²) in [5, 5.41) is 3.39. The normalized spacial score (nSPS) is 14.7. The van der Waals surface area contributed by atoms with Crippen LogP contribution >= 0.6 is 23.4 Å². The van der Waals surface area contributed by atoms with E-state index < -0.39 is 0 Å². The standard InChI is InChI=1S/C15H19ClN2O3S/c1-11-2-3-12(16)8-13(11)17-14(19)9-22-10-15(20)18-4-6-21-7-5-18/h2-3,8H,4-7,9-10H2,1H3,(H,17,19). The zero-order chi connectivity index (χ0) is 15.9. The fraction of sp³-hybridized carbons (Fsp3) is 0.467. The van der Waals surface area contributed by atoms with Gasteiger partial charge in [0, 0.05) is 23.8 Å². The molecule has 1 saturated heterocycles. The van der Waals surface area contributed by atoms with Gasteiger partial charge in [0.2, 0.25) is 11.8 Å². The minimum atomic E-state index is -0.134. The average Bonchev–Trinajstić information content (AvgIpc) is 2.51. The van der Waals surface area contributed by atoms with Crippen molar-refractivity contribution >= 4 is 40.9 Å². The van der Waals surface area contributed by atoms with E-state index in [0.29, 0.717) is 42.8 Å². The lowest BCUT2D eigenvalue weighted by molar-refractivity contribution is -0.132. The van der Waals surface area contributed by atoms with Crippen LogP contribution < -0.4 is 5.32 Å². The fourth-order valence-corrected chi connectivity index (χ4v) is 2.94. The van der Waals surface area contributed by atoms with Crippen molar-refractivity contribution in [3.05, 3.63) is 28.8 Å². The van der Waals surface area contributed by atoms with Gasteiger partial charge < -0.3 is 15.0 Å². The Morgan fingerprint density at radius 2 is 2.05 bits per heavy atom. The number of thioether (sulfide) groups is 1. The monoisotopic (exact) mass is 342 g/mol. The van der Waals surface area contributed by atoms with Crippen molar-refractivity contribution in [2.75, 3.05) is 43.1 Å². The number of rotatable bonds is 5. The molecule has 22 heavy (non-hydrogen) atoms. The van der Waals surface area contributed by atoms with Gasteiger partial charge in [0.05, 0.1) is 24.7 Å². The maximum Gasteiger partial charge on any atom is 0.234 e. The lowest BCUT2D eigenvalue weighted by Crippen LogP contribution is -2.41. The third-order valence-electron chi connectivity index (χ3n) is 3.30. The second-order valence-electron chi connectivity index (χ2n) is 4.99. The van der Waals surface area contributed by atoms with Crippen LogP contribution in [0, 0.1) is 6.92 Å². The molecular weight excluding hydrogens is 324 g/mol. The molecule has 0 saturated carbocycles. The van der Waals surface area contributed by atoms with Crippen LogP contribution in [-0.4, -0.2) is 54.5 Å². The number of amides is 2. The number of carbonyl (C=O) groups is 2. The van der Waals surface area contributed by atoms with Crippen LogP contribution in [0.3, 0.4) is 0 Å². The minimum Gasteiger partial charge on any atom is -0.378 e. The number of ether oxygens (including phenoxy) is 1. The fourth-order valence-electron chi connectivity index (χ4n) is 2.05. The molecule has 1 aromatic carbocycles. The molecule has 120 valence electrons. The minimum absolute atomic E-state index is 0.0556. The molecule has 1 N–H and O–H groups in total. The highest BCUT2D eigenvalue weighted by atomic mass is 35.5. The molecule has 0 aliphatic carbocycles. The van der Waals surface area contributed by atoms with Gasteiger partial charge in [0.1, 0.15) is 0 Å². The number of nitrogens with zero attached hydrogens (tertiary/aromatic N) is 1. The molecule has 0 aromatic heterocycles. The van der Waals surface area contributed by atoms with Crippen LogP contribution in [0.15, 0.2) is 18.2 Å². The molecule has 1 aromatic rings. The summed E-state index contributed by atoms with van der Waals surface area (Å²) in [4.78, 5) is 25.6. The summed E-state index contributed by atoms with van der Waals surface area (Å²) in [6.45, 7) is 4.34. The largest absolute Gasteiger partial charge is 0.378 e. The van der Waals surface area contributed by atoms with Crippen molar-refractivity contribution in [3.8, 4) is 0 Å². The Bertz CT molecular complexity index is 548. The van der Waals surface area contributed by atoms with E-state index in [4.69, 9.17) is 16.3 Å². The Morgan fingerprint density at radius 3 is 2.77 bits per heavy atom. The van der Waals surface area contributed by atoms with Crippen molar-refractivity contribution < 1.29 is 14.3 Å². The second-order valence-corrected chi connectivity index (χ2v) is 6.42. The predicted octanol–water partition coefficient (Wildman–Crippen LogP) is 2.18. The van der Waals surface area contributed by atoms with Gasteiger partial charge in [0.25, 0.3) is 0 Å². The average molecular weight is 343 g/mol. The summed E-state index contributed by atoms with van der Waals surface area (Å²) < 4.78 is 5.20. The number of hydrogen-bond acceptors (Lipinski definition) is 4. The first kappa shape index (κ1) is 17.1. The molecule has 0 unspecified atom stereocenters. The van der Waals surface area contributed by atoms with Crippen molar-refractivity contribution in [3.63, 3.8) is 0 Å². The molecule has 7 heteroatoms. The first-order valence-corrected chi connectivity index (χ1v) is 8.59. The van der Waals surface area contributed by atoms with E-state index in [-0.39, 0.29) is 17.6 Å². The van der Waals surface area contributed by atoms with Gasteiger partial charge in [-0.25, -0.2) is 0 Å². The molecule has 2 rings (SSSR count). The van der Waals surface area contributed by atoms with E-state index in [0.717, 1.165) is 5.56 Å². The number of aryl methyl sites for hydroxylation is 1. The Balaban J connectivity index is 1.73. The van der Waals surface area contributed by atoms with Crippen molar-refractivity contribution in [2.24, 2.45) is 0 Å². The lowest BCUT2D eigenvalue weighted by atomic mass is 10.2. The van der Waals surface area contributed by atoms with E-state index in [2.05, 4.69) is 5.32 Å². The number of hydrogen-bond donors (Lipinski definition) is 1. The lowest BCUT2D eigenvalue weighted by Gasteiger charge is -2.26. The highest BCUT2D eigenvalue weighted by Gasteiger charge is 2.17. The van der Waals surface area contributed by atoms with Crippen LogP contribution in [-0.2, 0) is 14.3 Å². The van der Waals surface area contributed by atoms with Crippen LogP contribution in [0.25, 0.3) is 0 Å². The predicted molar refractivity (Wildman–Crippen MR) is 89.5 cm³/mol. The number of morpholine rings is 1. The number of carbonyl (C=O) groups excluding carboxylic acids is 2. The number of benzene rings is 1. The molecular formula is C15H19ClN2O3S. The molecule has 0 atom stereocenters. The zero-order valence-electron chi connectivity index (χ0n) is 12.4. The highest BCUT2D eigenvalue weighted by Crippen LogP contribution is 2.20. The number of halogens is 1. The molecule has 5 nitrogen and oxygen atoms in total. The Kier molecular flexibility index (Phi) is 6.54. The van der Waals surface area contributed by atoms with Crippen LogP contribution in [0.5, 0.6) is 0 Å². The number of nitrogens with one attached hydrogen (secondary N) is 1. The summed E-state index contributed by atoms with van der Waals surface area (Å²) in [7, 11) is 0. The second kappa shape index (κ2) is 8.41. The maximum absolute atomic E-state index is 11.9. The van der Waals surface area contributed by atoms with Crippen molar-refractivity contribution in [2.45, 2.75) is 6.92 Å². The van der Waals surface area contributed by atoms with Gasteiger partial charge in [0.15, 0.2) is 0 Å². The van der Waals surface area contributed by atoms with E-state index in [1.807, 2.05) is 13.0 Å². The molecule has 1 heterocycles. The molecule has 1 aliphatic heterocycles. The van der Waals surface area contributed by atoms with Gasteiger partial charge in [-0.05, 0) is 24.6 Å². The smallest absolute Gasteiger partial charge is 0.234 e. The Hall–Kier alpha value is -1.24. The van der Waals surface area contributed by atoms with Gasteiger partial charge in [-0.2, -0.15) is 0 Å². The van der Waals surface area contributed by atoms with Gasteiger partial charge in [-0.15, -0.1) is 11.8 Å². The Morgan fingerprint density at radius 1 is 1.32 bits per heavy atom. The van der Waals surface area contributed by atoms with Gasteiger partial charge in [-0.1, -0.05) is 17.7 Å². The number of anilines is 1. The molecule has 0 bridgehead atoms. The molecule has 1 fully saturated rings. The van der Waals surface area contributed by atoms with Crippen molar-refractivity contribution in [1.29, 1.82) is 0 Å². The van der Waals surface area contributed by atoms with Crippen LogP contribution in [0.1, 0.15) is 5.56 Å². The summed E-state index contributed by atoms with van der Waals surface area (Å²) >= 11 is 7.23. The van der Waals surface area contributed by atoms with Crippen LogP contribution in [0.2, 0.25) is 5.02 Å². The Labute approximate surface area is 139 Å².